The number of nitrogens with one attached hydrogen (secondary N) is 2. The molecule has 8 heteroatoms. The van der Waals surface area contributed by atoms with E-state index in [0.29, 0.717) is 11.4 Å². The van der Waals surface area contributed by atoms with E-state index in [2.05, 4.69) is 32.8 Å². The van der Waals surface area contributed by atoms with E-state index in [1.54, 1.807) is 12.1 Å². The van der Waals surface area contributed by atoms with E-state index in [1.807, 2.05) is 45.0 Å². The first-order valence-electron chi connectivity index (χ1n) is 12.6. The van der Waals surface area contributed by atoms with Crippen LogP contribution in [-0.4, -0.2) is 51.9 Å². The lowest BCUT2D eigenvalue weighted by atomic mass is 9.88. The van der Waals surface area contributed by atoms with Crippen molar-refractivity contribution < 1.29 is 13.2 Å². The van der Waals surface area contributed by atoms with Crippen molar-refractivity contribution in [3.63, 3.8) is 0 Å². The molecule has 1 saturated heterocycles. The lowest BCUT2D eigenvalue weighted by molar-refractivity contribution is -0.123. The van der Waals surface area contributed by atoms with Crippen LogP contribution >= 0.6 is 0 Å². The molecule has 0 spiro atoms. The Kier molecular flexibility index (Phi) is 7.54. The largest absolute Gasteiger partial charge is 0.368 e. The van der Waals surface area contributed by atoms with Crippen molar-refractivity contribution in [1.82, 2.24) is 9.62 Å². The minimum atomic E-state index is -3.85. The Hall–Kier alpha value is -2.42. The summed E-state index contributed by atoms with van der Waals surface area (Å²) >= 11 is 0. The van der Waals surface area contributed by atoms with Crippen LogP contribution < -0.4 is 14.9 Å². The molecule has 2 aromatic rings. The van der Waals surface area contributed by atoms with Crippen molar-refractivity contribution >= 4 is 27.3 Å². The number of hydrogen-bond acceptors (Lipinski definition) is 5. The monoisotopic (exact) mass is 498 g/mol. The quantitative estimate of drug-likeness (QED) is 0.625. The zero-order valence-corrected chi connectivity index (χ0v) is 22.1. The minimum absolute atomic E-state index is 0.153. The Balaban J connectivity index is 1.68. The highest BCUT2D eigenvalue weighted by Crippen LogP contribution is 2.34. The van der Waals surface area contributed by atoms with Gasteiger partial charge in [0.25, 0.3) is 0 Å². The van der Waals surface area contributed by atoms with E-state index in [0.717, 1.165) is 57.5 Å². The molecule has 1 atom stereocenters. The number of sulfonamides is 1. The second kappa shape index (κ2) is 10.3. The number of anilines is 2. The van der Waals surface area contributed by atoms with Gasteiger partial charge in [0, 0.05) is 43.3 Å². The zero-order chi connectivity index (χ0) is 25.2. The maximum Gasteiger partial charge on any atom is 0.243 e. The van der Waals surface area contributed by atoms with Gasteiger partial charge in [0.1, 0.15) is 4.90 Å². The normalized spacial score (nSPS) is 19.3. The molecule has 0 bridgehead atoms. The van der Waals surface area contributed by atoms with Crippen LogP contribution in [0.5, 0.6) is 0 Å². The maximum atomic E-state index is 13.9. The minimum Gasteiger partial charge on any atom is -0.368 e. The third-order valence-corrected chi connectivity index (χ3v) is 8.52. The molecule has 1 fully saturated rings. The van der Waals surface area contributed by atoms with Crippen molar-refractivity contribution in [2.75, 3.05) is 42.9 Å². The first-order chi connectivity index (χ1) is 16.6. The fraction of sp³-hybridized carbons (Fsp3) is 0.519. The number of aryl methyl sites for hydroxylation is 1. The van der Waals surface area contributed by atoms with Crippen molar-refractivity contribution in [2.45, 2.75) is 57.9 Å². The fourth-order valence-corrected chi connectivity index (χ4v) is 6.32. The van der Waals surface area contributed by atoms with E-state index in [-0.39, 0.29) is 16.8 Å². The molecule has 1 heterocycles. The van der Waals surface area contributed by atoms with Crippen molar-refractivity contribution in [2.24, 2.45) is 5.41 Å². The number of rotatable bonds is 6. The van der Waals surface area contributed by atoms with Gasteiger partial charge in [0.2, 0.25) is 15.9 Å². The van der Waals surface area contributed by atoms with Crippen LogP contribution in [0.1, 0.15) is 57.7 Å². The summed E-state index contributed by atoms with van der Waals surface area (Å²) in [5, 5.41) is 2.90. The van der Waals surface area contributed by atoms with Crippen LogP contribution in [0.3, 0.4) is 0 Å². The molecule has 35 heavy (non-hydrogen) atoms. The Morgan fingerprint density at radius 3 is 2.46 bits per heavy atom. The molecule has 1 aliphatic heterocycles. The average molecular weight is 499 g/mol. The zero-order valence-electron chi connectivity index (χ0n) is 21.3. The molecule has 1 aliphatic carbocycles. The SMILES string of the molecule is CCN1CCN(c2ccc(NC(=O)C(C)(C)C)cc2S(=O)(=O)N[C@@H]2CCCc3ccccc32)CC1. The summed E-state index contributed by atoms with van der Waals surface area (Å²) in [4.78, 5) is 17.3. The molecule has 1 amide bonds. The molecule has 2 N–H and O–H groups in total. The van der Waals surface area contributed by atoms with Gasteiger partial charge in [-0.15, -0.1) is 0 Å². The summed E-state index contributed by atoms with van der Waals surface area (Å²) in [5.41, 5.74) is 2.85. The van der Waals surface area contributed by atoms with Gasteiger partial charge in [-0.3, -0.25) is 4.79 Å². The Morgan fingerprint density at radius 1 is 1.06 bits per heavy atom. The fourth-order valence-electron chi connectivity index (χ4n) is 4.82. The number of amides is 1. The number of carbonyl (C=O) groups excluding carboxylic acids is 1. The van der Waals surface area contributed by atoms with Crippen LogP contribution in [-0.2, 0) is 21.2 Å². The maximum absolute atomic E-state index is 13.9. The van der Waals surface area contributed by atoms with E-state index >= 15 is 0 Å². The first kappa shape index (κ1) is 25.7. The van der Waals surface area contributed by atoms with Gasteiger partial charge >= 0.3 is 0 Å². The third kappa shape index (κ3) is 5.88. The third-order valence-electron chi connectivity index (χ3n) is 7.02. The number of carbonyl (C=O) groups is 1. The molecule has 0 saturated carbocycles. The van der Waals surface area contributed by atoms with Crippen molar-refractivity contribution in [1.29, 1.82) is 0 Å². The number of hydrogen-bond donors (Lipinski definition) is 2. The first-order valence-corrected chi connectivity index (χ1v) is 14.1. The van der Waals surface area contributed by atoms with E-state index < -0.39 is 15.4 Å². The average Bonchev–Trinajstić information content (AvgIpc) is 2.83. The molecule has 0 aromatic heterocycles. The molecular formula is C27H38N4O3S. The summed E-state index contributed by atoms with van der Waals surface area (Å²) in [6.45, 7) is 11.9. The molecule has 2 aliphatic rings. The van der Waals surface area contributed by atoms with Crippen LogP contribution in [0.4, 0.5) is 11.4 Å². The molecular weight excluding hydrogens is 460 g/mol. The second-order valence-corrected chi connectivity index (χ2v) is 12.3. The second-order valence-electron chi connectivity index (χ2n) is 10.6. The van der Waals surface area contributed by atoms with Gasteiger partial charge in [0.15, 0.2) is 0 Å². The van der Waals surface area contributed by atoms with Gasteiger partial charge in [-0.25, -0.2) is 13.1 Å². The lowest BCUT2D eigenvalue weighted by Gasteiger charge is -2.36. The molecule has 2 aromatic carbocycles. The predicted octanol–water partition coefficient (Wildman–Crippen LogP) is 4.17. The van der Waals surface area contributed by atoms with E-state index in [1.165, 1.54) is 5.56 Å². The summed E-state index contributed by atoms with van der Waals surface area (Å²) in [6.07, 6.45) is 2.68. The summed E-state index contributed by atoms with van der Waals surface area (Å²) < 4.78 is 30.7. The smallest absolute Gasteiger partial charge is 0.243 e. The summed E-state index contributed by atoms with van der Waals surface area (Å²) in [7, 11) is -3.85. The highest BCUT2D eigenvalue weighted by Gasteiger charge is 2.30. The van der Waals surface area contributed by atoms with Gasteiger partial charge < -0.3 is 15.1 Å². The highest BCUT2D eigenvalue weighted by molar-refractivity contribution is 7.89. The number of nitrogens with zero attached hydrogens (tertiary/aromatic N) is 2. The summed E-state index contributed by atoms with van der Waals surface area (Å²) in [5.74, 6) is -0.153. The predicted molar refractivity (Wildman–Crippen MR) is 141 cm³/mol. The number of piperazine rings is 1. The van der Waals surface area contributed by atoms with Gasteiger partial charge in [-0.2, -0.15) is 0 Å². The molecule has 190 valence electrons. The summed E-state index contributed by atoms with van der Waals surface area (Å²) in [6, 6.07) is 13.1. The van der Waals surface area contributed by atoms with Crippen LogP contribution in [0.2, 0.25) is 0 Å². The Morgan fingerprint density at radius 2 is 1.77 bits per heavy atom. The molecule has 4 rings (SSSR count). The van der Waals surface area contributed by atoms with E-state index in [4.69, 9.17) is 0 Å². The molecule has 0 unspecified atom stereocenters. The van der Waals surface area contributed by atoms with Crippen LogP contribution in [0.15, 0.2) is 47.4 Å². The number of likely N-dealkylation sites (N-methyl/N-ethyl adjacent to an activating group) is 1. The topological polar surface area (TPSA) is 81.8 Å². The lowest BCUT2D eigenvalue weighted by Crippen LogP contribution is -2.46. The standard InChI is InChI=1S/C27H38N4O3S/c1-5-30-15-17-31(18-16-30)24-14-13-21(28-26(32)27(2,3)4)19-25(24)35(33,34)29-23-12-8-10-20-9-6-7-11-22(20)23/h6-7,9,11,13-14,19,23,29H,5,8,10,12,15-18H2,1-4H3,(H,28,32)/t23-/m1/s1. The Bertz CT molecular complexity index is 1170. The van der Waals surface area contributed by atoms with Crippen molar-refractivity contribution in [3.8, 4) is 0 Å². The van der Waals surface area contributed by atoms with Gasteiger partial charge in [-0.1, -0.05) is 52.0 Å². The number of fused-ring (bicyclic) bond motifs is 1. The van der Waals surface area contributed by atoms with Gasteiger partial charge in [-0.05, 0) is 55.1 Å². The van der Waals surface area contributed by atoms with Crippen molar-refractivity contribution in [3.05, 3.63) is 53.6 Å². The molecule has 0 radical (unpaired) electrons. The highest BCUT2D eigenvalue weighted by atomic mass is 32.2. The number of benzene rings is 2. The van der Waals surface area contributed by atoms with E-state index in [9.17, 15) is 13.2 Å². The Labute approximate surface area is 209 Å². The molecule has 7 nitrogen and oxygen atoms in total. The van der Waals surface area contributed by atoms with Crippen LogP contribution in [0, 0.1) is 5.41 Å². The van der Waals surface area contributed by atoms with Crippen LogP contribution in [0.25, 0.3) is 0 Å². The van der Waals surface area contributed by atoms with Gasteiger partial charge in [0.05, 0.1) is 5.69 Å².